The van der Waals surface area contributed by atoms with Crippen molar-refractivity contribution in [1.29, 1.82) is 0 Å². The van der Waals surface area contributed by atoms with E-state index in [1.165, 1.54) is 42.3 Å². The SMILES string of the molecule is CC1CCCCN1CCNC(=O)CCc1ccc2ccn(C)c2c1. The lowest BCUT2D eigenvalue weighted by atomic mass is 10.0. The molecule has 0 radical (unpaired) electrons. The van der Waals surface area contributed by atoms with Crippen molar-refractivity contribution in [2.75, 3.05) is 19.6 Å². The highest BCUT2D eigenvalue weighted by atomic mass is 16.1. The highest BCUT2D eigenvalue weighted by Gasteiger charge is 2.17. The van der Waals surface area contributed by atoms with Crippen molar-refractivity contribution < 1.29 is 4.79 Å². The van der Waals surface area contributed by atoms with E-state index in [0.29, 0.717) is 12.5 Å². The lowest BCUT2D eigenvalue weighted by molar-refractivity contribution is -0.121. The first-order chi connectivity index (χ1) is 11.6. The van der Waals surface area contributed by atoms with Gasteiger partial charge in [0.25, 0.3) is 0 Å². The van der Waals surface area contributed by atoms with Crippen LogP contribution in [0.2, 0.25) is 0 Å². The van der Waals surface area contributed by atoms with Gasteiger partial charge in [-0.3, -0.25) is 9.69 Å². The molecule has 130 valence electrons. The van der Waals surface area contributed by atoms with Gasteiger partial charge >= 0.3 is 0 Å². The number of hydrogen-bond donors (Lipinski definition) is 1. The second-order valence-electron chi connectivity index (χ2n) is 7.05. The van der Waals surface area contributed by atoms with Gasteiger partial charge in [0.2, 0.25) is 5.91 Å². The molecule has 1 unspecified atom stereocenters. The number of fused-ring (bicyclic) bond motifs is 1. The maximum Gasteiger partial charge on any atom is 0.220 e. The Hall–Kier alpha value is -1.81. The molecule has 0 spiro atoms. The zero-order chi connectivity index (χ0) is 16.9. The minimum atomic E-state index is 0.159. The number of hydrogen-bond acceptors (Lipinski definition) is 2. The smallest absolute Gasteiger partial charge is 0.220 e. The van der Waals surface area contributed by atoms with Crippen LogP contribution in [-0.4, -0.2) is 41.1 Å². The predicted molar refractivity (Wildman–Crippen MR) is 99.1 cm³/mol. The molecule has 1 aromatic carbocycles. The number of likely N-dealkylation sites (tertiary alicyclic amines) is 1. The molecule has 0 aliphatic carbocycles. The molecule has 1 saturated heterocycles. The van der Waals surface area contributed by atoms with E-state index in [4.69, 9.17) is 0 Å². The number of carbonyl (C=O) groups excluding carboxylic acids is 1. The first kappa shape index (κ1) is 17.0. The Morgan fingerprint density at radius 3 is 3.00 bits per heavy atom. The van der Waals surface area contributed by atoms with Gasteiger partial charge in [-0.05, 0) is 55.8 Å². The third kappa shape index (κ3) is 4.18. The lowest BCUT2D eigenvalue weighted by Crippen LogP contribution is -2.42. The number of rotatable bonds is 6. The number of nitrogens with zero attached hydrogens (tertiary/aromatic N) is 2. The summed E-state index contributed by atoms with van der Waals surface area (Å²) in [5.74, 6) is 0.159. The fourth-order valence-corrected chi connectivity index (χ4v) is 3.64. The van der Waals surface area contributed by atoms with E-state index in [1.807, 2.05) is 0 Å². The van der Waals surface area contributed by atoms with E-state index >= 15 is 0 Å². The number of aryl methyl sites for hydroxylation is 2. The third-order valence-electron chi connectivity index (χ3n) is 5.26. The first-order valence-electron chi connectivity index (χ1n) is 9.18. The van der Waals surface area contributed by atoms with Gasteiger partial charge < -0.3 is 9.88 Å². The first-order valence-corrected chi connectivity index (χ1v) is 9.18. The summed E-state index contributed by atoms with van der Waals surface area (Å²) < 4.78 is 2.12. The van der Waals surface area contributed by atoms with Gasteiger partial charge in [0.1, 0.15) is 0 Å². The Balaban J connectivity index is 1.42. The molecule has 1 aromatic heterocycles. The summed E-state index contributed by atoms with van der Waals surface area (Å²) in [5.41, 5.74) is 2.45. The van der Waals surface area contributed by atoms with Crippen LogP contribution in [0.1, 0.15) is 38.2 Å². The monoisotopic (exact) mass is 327 g/mol. The summed E-state index contributed by atoms with van der Waals surface area (Å²) in [5, 5.41) is 4.33. The van der Waals surface area contributed by atoms with Gasteiger partial charge in [-0.15, -0.1) is 0 Å². The Bertz CT molecular complexity index is 691. The number of benzene rings is 1. The van der Waals surface area contributed by atoms with Crippen LogP contribution in [0, 0.1) is 0 Å². The van der Waals surface area contributed by atoms with Gasteiger partial charge in [-0.1, -0.05) is 18.6 Å². The molecule has 4 nitrogen and oxygen atoms in total. The molecule has 3 rings (SSSR count). The van der Waals surface area contributed by atoms with E-state index in [1.54, 1.807) is 0 Å². The van der Waals surface area contributed by atoms with E-state index in [2.05, 4.69) is 59.2 Å². The molecule has 1 N–H and O–H groups in total. The number of nitrogens with one attached hydrogen (secondary N) is 1. The number of carbonyl (C=O) groups is 1. The molecule has 1 fully saturated rings. The van der Waals surface area contributed by atoms with E-state index in [0.717, 1.165) is 19.5 Å². The topological polar surface area (TPSA) is 37.3 Å². The molecule has 24 heavy (non-hydrogen) atoms. The van der Waals surface area contributed by atoms with Crippen molar-refractivity contribution >= 4 is 16.8 Å². The van der Waals surface area contributed by atoms with Crippen LogP contribution in [0.25, 0.3) is 10.9 Å². The van der Waals surface area contributed by atoms with E-state index in [9.17, 15) is 4.79 Å². The van der Waals surface area contributed by atoms with Crippen molar-refractivity contribution in [3.8, 4) is 0 Å². The van der Waals surface area contributed by atoms with Gasteiger partial charge in [0.05, 0.1) is 0 Å². The van der Waals surface area contributed by atoms with Crippen LogP contribution in [0.4, 0.5) is 0 Å². The lowest BCUT2D eigenvalue weighted by Gasteiger charge is -2.33. The minimum Gasteiger partial charge on any atom is -0.355 e. The fraction of sp³-hybridized carbons (Fsp3) is 0.550. The average molecular weight is 327 g/mol. The van der Waals surface area contributed by atoms with Crippen molar-refractivity contribution in [1.82, 2.24) is 14.8 Å². The summed E-state index contributed by atoms with van der Waals surface area (Å²) in [4.78, 5) is 14.6. The second kappa shape index (κ2) is 7.84. The standard InChI is InChI=1S/C20H29N3O/c1-16-5-3-4-12-23(16)14-11-21-20(24)9-7-17-6-8-18-10-13-22(2)19(18)15-17/h6,8,10,13,15-16H,3-5,7,9,11-12,14H2,1-2H3,(H,21,24). The maximum absolute atomic E-state index is 12.1. The van der Waals surface area contributed by atoms with E-state index in [-0.39, 0.29) is 5.91 Å². The number of piperidine rings is 1. The molecule has 0 saturated carbocycles. The van der Waals surface area contributed by atoms with Gasteiger partial charge in [0.15, 0.2) is 0 Å². The Morgan fingerprint density at radius 2 is 2.17 bits per heavy atom. The molecule has 0 bridgehead atoms. The summed E-state index contributed by atoms with van der Waals surface area (Å²) in [6, 6.07) is 9.24. The average Bonchev–Trinajstić information content (AvgIpc) is 2.95. The zero-order valence-electron chi connectivity index (χ0n) is 14.9. The minimum absolute atomic E-state index is 0.159. The molecule has 1 aliphatic heterocycles. The molecule has 1 amide bonds. The van der Waals surface area contributed by atoms with Crippen molar-refractivity contribution in [3.05, 3.63) is 36.0 Å². The van der Waals surface area contributed by atoms with Gasteiger partial charge in [-0.25, -0.2) is 0 Å². The van der Waals surface area contributed by atoms with Crippen LogP contribution in [0.5, 0.6) is 0 Å². The summed E-state index contributed by atoms with van der Waals surface area (Å²) in [6.45, 7) is 5.21. The molecule has 4 heteroatoms. The van der Waals surface area contributed by atoms with Gasteiger partial charge in [0, 0.05) is 44.3 Å². The third-order valence-corrected chi connectivity index (χ3v) is 5.26. The van der Waals surface area contributed by atoms with Crippen LogP contribution in [-0.2, 0) is 18.3 Å². The summed E-state index contributed by atoms with van der Waals surface area (Å²) >= 11 is 0. The summed E-state index contributed by atoms with van der Waals surface area (Å²) in [7, 11) is 2.06. The Kier molecular flexibility index (Phi) is 5.56. The second-order valence-corrected chi connectivity index (χ2v) is 7.05. The normalized spacial score (nSPS) is 18.8. The molecular formula is C20H29N3O. The van der Waals surface area contributed by atoms with Crippen molar-refractivity contribution in [2.24, 2.45) is 7.05 Å². The summed E-state index contributed by atoms with van der Waals surface area (Å²) in [6.07, 6.45) is 7.35. The highest BCUT2D eigenvalue weighted by molar-refractivity contribution is 5.81. The molecule has 1 atom stereocenters. The molecule has 1 aliphatic rings. The van der Waals surface area contributed by atoms with Crippen molar-refractivity contribution in [3.63, 3.8) is 0 Å². The quantitative estimate of drug-likeness (QED) is 0.885. The van der Waals surface area contributed by atoms with Crippen molar-refractivity contribution in [2.45, 2.75) is 45.1 Å². The Labute approximate surface area is 144 Å². The van der Waals surface area contributed by atoms with Crippen LogP contribution < -0.4 is 5.32 Å². The number of amides is 1. The predicted octanol–water partition coefficient (Wildman–Crippen LogP) is 3.10. The Morgan fingerprint density at radius 1 is 1.29 bits per heavy atom. The molecular weight excluding hydrogens is 298 g/mol. The maximum atomic E-state index is 12.1. The highest BCUT2D eigenvalue weighted by Crippen LogP contribution is 2.18. The fourth-order valence-electron chi connectivity index (χ4n) is 3.64. The van der Waals surface area contributed by atoms with Gasteiger partial charge in [-0.2, -0.15) is 0 Å². The number of aromatic nitrogens is 1. The van der Waals surface area contributed by atoms with Crippen LogP contribution in [0.15, 0.2) is 30.5 Å². The molecule has 2 heterocycles. The molecule has 2 aromatic rings. The zero-order valence-corrected chi connectivity index (χ0v) is 14.9. The van der Waals surface area contributed by atoms with Crippen LogP contribution in [0.3, 0.4) is 0 Å². The van der Waals surface area contributed by atoms with Crippen LogP contribution >= 0.6 is 0 Å². The van der Waals surface area contributed by atoms with E-state index < -0.39 is 0 Å². The largest absolute Gasteiger partial charge is 0.355 e.